The number of anilines is 2. The average molecular weight is 378 g/mol. The number of carbonyl (C=O) groups is 2. The molecule has 1 saturated carbocycles. The number of hydrogen-bond donors (Lipinski definition) is 3. The Hall–Kier alpha value is -3.53. The van der Waals surface area contributed by atoms with E-state index >= 15 is 0 Å². The highest BCUT2D eigenvalue weighted by atomic mass is 16.5. The number of nitrogens with zero attached hydrogens (tertiary/aromatic N) is 1. The van der Waals surface area contributed by atoms with Crippen molar-refractivity contribution in [3.8, 4) is 11.8 Å². The molecule has 0 saturated heterocycles. The van der Waals surface area contributed by atoms with Crippen molar-refractivity contribution in [1.82, 2.24) is 5.32 Å². The molecule has 2 amide bonds. The Labute approximate surface area is 163 Å². The number of para-hydroxylation sites is 1. The van der Waals surface area contributed by atoms with Crippen LogP contribution in [0.3, 0.4) is 0 Å². The van der Waals surface area contributed by atoms with E-state index in [0.29, 0.717) is 34.9 Å². The van der Waals surface area contributed by atoms with Crippen molar-refractivity contribution in [3.05, 3.63) is 53.6 Å². The molecule has 0 radical (unpaired) electrons. The molecule has 28 heavy (non-hydrogen) atoms. The van der Waals surface area contributed by atoms with Gasteiger partial charge in [0.15, 0.2) is 0 Å². The van der Waals surface area contributed by atoms with Gasteiger partial charge in [0.25, 0.3) is 5.91 Å². The van der Waals surface area contributed by atoms with Crippen LogP contribution >= 0.6 is 0 Å². The molecule has 3 rings (SSSR count). The van der Waals surface area contributed by atoms with Crippen molar-refractivity contribution in [2.24, 2.45) is 0 Å². The summed E-state index contributed by atoms with van der Waals surface area (Å²) in [4.78, 5) is 24.7. The second kappa shape index (κ2) is 8.91. The van der Waals surface area contributed by atoms with Gasteiger partial charge >= 0.3 is 0 Å². The van der Waals surface area contributed by atoms with Gasteiger partial charge in [-0.2, -0.15) is 5.26 Å². The minimum atomic E-state index is -0.309. The lowest BCUT2D eigenvalue weighted by molar-refractivity contribution is -0.114. The van der Waals surface area contributed by atoms with Crippen LogP contribution in [0.5, 0.6) is 5.75 Å². The Kier molecular flexibility index (Phi) is 6.12. The fourth-order valence-electron chi connectivity index (χ4n) is 2.67. The Morgan fingerprint density at radius 1 is 1.18 bits per heavy atom. The van der Waals surface area contributed by atoms with Gasteiger partial charge in [0.05, 0.1) is 41.7 Å². The van der Waals surface area contributed by atoms with Crippen LogP contribution < -0.4 is 20.7 Å². The quantitative estimate of drug-likeness (QED) is 0.655. The zero-order chi connectivity index (χ0) is 19.9. The average Bonchev–Trinajstić information content (AvgIpc) is 3.51. The molecule has 7 heteroatoms. The highest BCUT2D eigenvalue weighted by molar-refractivity contribution is 6.04. The first-order valence-electron chi connectivity index (χ1n) is 9.21. The Morgan fingerprint density at radius 3 is 2.68 bits per heavy atom. The van der Waals surface area contributed by atoms with Crippen LogP contribution in [-0.4, -0.2) is 31.0 Å². The topological polar surface area (TPSA) is 103 Å². The van der Waals surface area contributed by atoms with Gasteiger partial charge < -0.3 is 20.7 Å². The lowest BCUT2D eigenvalue weighted by atomic mass is 10.1. The Bertz CT molecular complexity index is 916. The summed E-state index contributed by atoms with van der Waals surface area (Å²) in [6.45, 7) is 2.29. The highest BCUT2D eigenvalue weighted by Crippen LogP contribution is 2.26. The molecule has 0 atom stereocenters. The molecule has 1 aliphatic carbocycles. The third-order valence-electron chi connectivity index (χ3n) is 4.21. The van der Waals surface area contributed by atoms with E-state index in [-0.39, 0.29) is 24.4 Å². The second-order valence-electron chi connectivity index (χ2n) is 6.45. The lowest BCUT2D eigenvalue weighted by Gasteiger charge is -2.14. The molecule has 3 N–H and O–H groups in total. The number of hydrogen-bond acceptors (Lipinski definition) is 5. The summed E-state index contributed by atoms with van der Waals surface area (Å²) in [7, 11) is 0. The van der Waals surface area contributed by atoms with Gasteiger partial charge in [-0.25, -0.2) is 0 Å². The molecular weight excluding hydrogens is 356 g/mol. The maximum absolute atomic E-state index is 12.4. The first-order valence-corrected chi connectivity index (χ1v) is 9.21. The monoisotopic (exact) mass is 378 g/mol. The van der Waals surface area contributed by atoms with Crippen molar-refractivity contribution in [2.75, 3.05) is 23.8 Å². The summed E-state index contributed by atoms with van der Waals surface area (Å²) in [6.07, 6.45) is 1.99. The van der Waals surface area contributed by atoms with E-state index in [4.69, 9.17) is 10.00 Å². The van der Waals surface area contributed by atoms with Gasteiger partial charge in [-0.3, -0.25) is 9.59 Å². The minimum absolute atomic E-state index is 0.0342. The summed E-state index contributed by atoms with van der Waals surface area (Å²) < 4.78 is 5.52. The molecule has 1 fully saturated rings. The van der Waals surface area contributed by atoms with Crippen molar-refractivity contribution in [2.45, 2.75) is 25.8 Å². The zero-order valence-electron chi connectivity index (χ0n) is 15.6. The Balaban J connectivity index is 1.65. The van der Waals surface area contributed by atoms with E-state index in [9.17, 15) is 9.59 Å². The number of nitriles is 1. The minimum Gasteiger partial charge on any atom is -0.492 e. The summed E-state index contributed by atoms with van der Waals surface area (Å²) in [6, 6.07) is 14.2. The van der Waals surface area contributed by atoms with Crippen LogP contribution in [0.2, 0.25) is 0 Å². The molecule has 0 aromatic heterocycles. The summed E-state index contributed by atoms with van der Waals surface area (Å²) in [5.41, 5.74) is 1.93. The number of benzene rings is 2. The van der Waals surface area contributed by atoms with Gasteiger partial charge in [-0.1, -0.05) is 12.1 Å². The van der Waals surface area contributed by atoms with E-state index in [1.165, 1.54) is 0 Å². The first kappa shape index (κ1) is 19.2. The molecule has 144 valence electrons. The number of ether oxygens (including phenoxy) is 1. The maximum Gasteiger partial charge on any atom is 0.253 e. The largest absolute Gasteiger partial charge is 0.492 e. The number of amides is 2. The second-order valence-corrected chi connectivity index (χ2v) is 6.45. The Morgan fingerprint density at radius 2 is 1.96 bits per heavy atom. The zero-order valence-corrected chi connectivity index (χ0v) is 15.6. The molecule has 0 heterocycles. The smallest absolute Gasteiger partial charge is 0.253 e. The maximum atomic E-state index is 12.4. The number of rotatable bonds is 8. The van der Waals surface area contributed by atoms with Gasteiger partial charge in [0, 0.05) is 6.04 Å². The highest BCUT2D eigenvalue weighted by Gasteiger charge is 2.25. The molecule has 0 aliphatic heterocycles. The molecular formula is C21H22N4O3. The van der Waals surface area contributed by atoms with Crippen LogP contribution in [-0.2, 0) is 4.79 Å². The summed E-state index contributed by atoms with van der Waals surface area (Å²) >= 11 is 0. The van der Waals surface area contributed by atoms with E-state index < -0.39 is 0 Å². The van der Waals surface area contributed by atoms with E-state index in [1.54, 1.807) is 42.5 Å². The molecule has 2 aromatic carbocycles. The van der Waals surface area contributed by atoms with Gasteiger partial charge in [0.1, 0.15) is 5.75 Å². The lowest BCUT2D eigenvalue weighted by Crippen LogP contribution is -2.28. The number of nitrogens with one attached hydrogen (secondary N) is 3. The predicted molar refractivity (Wildman–Crippen MR) is 106 cm³/mol. The molecule has 0 bridgehead atoms. The fourth-order valence-corrected chi connectivity index (χ4v) is 2.67. The van der Waals surface area contributed by atoms with Crippen molar-refractivity contribution in [1.29, 1.82) is 5.26 Å². The van der Waals surface area contributed by atoms with Crippen LogP contribution in [0.25, 0.3) is 0 Å². The van der Waals surface area contributed by atoms with Crippen molar-refractivity contribution < 1.29 is 14.3 Å². The van der Waals surface area contributed by atoms with Gasteiger partial charge in [-0.05, 0) is 50.1 Å². The molecule has 2 aromatic rings. The normalized spacial score (nSPS) is 12.6. The van der Waals surface area contributed by atoms with Gasteiger partial charge in [-0.15, -0.1) is 0 Å². The standard InChI is InChI=1S/C21H22N4O3/c1-2-28-19-10-7-14(12-22)11-18(19)23-13-20(26)25-17-6-4-3-5-16(17)21(27)24-15-8-9-15/h3-7,10-11,15,23H,2,8-9,13H2,1H3,(H,24,27)(H,25,26). The summed E-state index contributed by atoms with van der Waals surface area (Å²) in [5.74, 6) is 0.0710. The fraction of sp³-hybridized carbons (Fsp3) is 0.286. The van der Waals surface area contributed by atoms with Crippen molar-refractivity contribution >= 4 is 23.2 Å². The third-order valence-corrected chi connectivity index (χ3v) is 4.21. The number of carbonyl (C=O) groups excluding carboxylic acids is 2. The van der Waals surface area contributed by atoms with Crippen LogP contribution in [0.4, 0.5) is 11.4 Å². The van der Waals surface area contributed by atoms with Crippen LogP contribution in [0.15, 0.2) is 42.5 Å². The van der Waals surface area contributed by atoms with Gasteiger partial charge in [0.2, 0.25) is 5.91 Å². The van der Waals surface area contributed by atoms with E-state index in [1.807, 2.05) is 6.92 Å². The predicted octanol–water partition coefficient (Wildman–Crippen LogP) is 2.90. The molecule has 7 nitrogen and oxygen atoms in total. The van der Waals surface area contributed by atoms with E-state index in [2.05, 4.69) is 22.0 Å². The first-order chi connectivity index (χ1) is 13.6. The summed E-state index contributed by atoms with van der Waals surface area (Å²) in [5, 5.41) is 17.8. The molecule has 0 unspecified atom stereocenters. The van der Waals surface area contributed by atoms with Crippen LogP contribution in [0.1, 0.15) is 35.7 Å². The third kappa shape index (κ3) is 5.01. The van der Waals surface area contributed by atoms with E-state index in [0.717, 1.165) is 12.8 Å². The van der Waals surface area contributed by atoms with Crippen LogP contribution in [0, 0.1) is 11.3 Å². The van der Waals surface area contributed by atoms with Crippen molar-refractivity contribution in [3.63, 3.8) is 0 Å². The SMILES string of the molecule is CCOc1ccc(C#N)cc1NCC(=O)Nc1ccccc1C(=O)NC1CC1. The molecule has 0 spiro atoms. The molecule has 1 aliphatic rings.